The van der Waals surface area contributed by atoms with Crippen LogP contribution in [-0.4, -0.2) is 17.8 Å². The van der Waals surface area contributed by atoms with Crippen LogP contribution in [-0.2, 0) is 6.42 Å². The first-order chi connectivity index (χ1) is 7.29. The van der Waals surface area contributed by atoms with Crippen LogP contribution in [0.3, 0.4) is 0 Å². The van der Waals surface area contributed by atoms with Crippen LogP contribution in [0.2, 0.25) is 0 Å². The summed E-state index contributed by atoms with van der Waals surface area (Å²) in [5, 5.41) is 9.65. The van der Waals surface area contributed by atoms with Gasteiger partial charge in [-0.2, -0.15) is 0 Å². The molecule has 1 N–H and O–H groups in total. The lowest BCUT2D eigenvalue weighted by atomic mass is 10.2. The third kappa shape index (κ3) is 2.96. The van der Waals surface area contributed by atoms with Crippen molar-refractivity contribution in [3.63, 3.8) is 0 Å². The monoisotopic (exact) mass is 206 g/mol. The predicted molar refractivity (Wildman–Crippen MR) is 60.0 cm³/mol. The van der Waals surface area contributed by atoms with Crippen LogP contribution < -0.4 is 4.74 Å². The standard InChI is InChI=1S/C13H18O2/c1-2-10-4-3-5-12(8-10)15-9-13(14)11-6-7-11/h3-5,8,11,13-14H,2,6-7,9H2,1H3. The van der Waals surface area contributed by atoms with Crippen LogP contribution >= 0.6 is 0 Å². The molecule has 1 atom stereocenters. The molecule has 0 aromatic heterocycles. The highest BCUT2D eigenvalue weighted by atomic mass is 16.5. The van der Waals surface area contributed by atoms with E-state index in [0.29, 0.717) is 12.5 Å². The Bertz CT molecular complexity index is 318. The van der Waals surface area contributed by atoms with E-state index in [0.717, 1.165) is 25.0 Å². The number of ether oxygens (including phenoxy) is 1. The Morgan fingerprint density at radius 1 is 1.47 bits per heavy atom. The molecule has 0 saturated heterocycles. The normalized spacial score (nSPS) is 17.5. The molecule has 0 amide bonds. The Kier molecular flexibility index (Phi) is 3.27. The molecule has 1 aromatic carbocycles. The molecule has 1 aliphatic rings. The van der Waals surface area contributed by atoms with Crippen LogP contribution in [0, 0.1) is 5.92 Å². The molecule has 0 radical (unpaired) electrons. The number of benzene rings is 1. The topological polar surface area (TPSA) is 29.5 Å². The second kappa shape index (κ2) is 4.67. The lowest BCUT2D eigenvalue weighted by Gasteiger charge is -2.11. The first kappa shape index (κ1) is 10.5. The van der Waals surface area contributed by atoms with E-state index in [2.05, 4.69) is 13.0 Å². The first-order valence-corrected chi connectivity index (χ1v) is 5.69. The number of rotatable bonds is 5. The van der Waals surface area contributed by atoms with Gasteiger partial charge in [0.05, 0.1) is 6.10 Å². The molecule has 2 rings (SSSR count). The van der Waals surface area contributed by atoms with Gasteiger partial charge in [-0.1, -0.05) is 19.1 Å². The zero-order chi connectivity index (χ0) is 10.7. The fraction of sp³-hybridized carbons (Fsp3) is 0.538. The number of aliphatic hydroxyl groups excluding tert-OH is 1. The SMILES string of the molecule is CCc1cccc(OCC(O)C2CC2)c1. The highest BCUT2D eigenvalue weighted by Gasteiger charge is 2.29. The summed E-state index contributed by atoms with van der Waals surface area (Å²) in [6.45, 7) is 2.55. The van der Waals surface area contributed by atoms with Gasteiger partial charge in [0.15, 0.2) is 0 Å². The molecule has 0 spiro atoms. The minimum Gasteiger partial charge on any atom is -0.491 e. The number of aliphatic hydroxyl groups is 1. The summed E-state index contributed by atoms with van der Waals surface area (Å²) in [4.78, 5) is 0. The van der Waals surface area contributed by atoms with Crippen molar-refractivity contribution in [3.05, 3.63) is 29.8 Å². The van der Waals surface area contributed by atoms with Crippen molar-refractivity contribution in [3.8, 4) is 5.75 Å². The Balaban J connectivity index is 1.86. The lowest BCUT2D eigenvalue weighted by Crippen LogP contribution is -2.19. The van der Waals surface area contributed by atoms with Crippen LogP contribution in [0.5, 0.6) is 5.75 Å². The van der Waals surface area contributed by atoms with E-state index in [4.69, 9.17) is 4.74 Å². The van der Waals surface area contributed by atoms with Gasteiger partial charge in [-0.3, -0.25) is 0 Å². The van der Waals surface area contributed by atoms with Gasteiger partial charge in [0.2, 0.25) is 0 Å². The molecule has 2 nitrogen and oxygen atoms in total. The molecule has 1 unspecified atom stereocenters. The van der Waals surface area contributed by atoms with Crippen molar-refractivity contribution in [1.29, 1.82) is 0 Å². The van der Waals surface area contributed by atoms with Gasteiger partial charge >= 0.3 is 0 Å². The predicted octanol–water partition coefficient (Wildman–Crippen LogP) is 2.40. The maximum absolute atomic E-state index is 9.65. The second-order valence-corrected chi connectivity index (χ2v) is 4.22. The molecule has 1 aliphatic carbocycles. The van der Waals surface area contributed by atoms with Crippen molar-refractivity contribution in [2.75, 3.05) is 6.61 Å². The molecule has 15 heavy (non-hydrogen) atoms. The molecular weight excluding hydrogens is 188 g/mol. The maximum Gasteiger partial charge on any atom is 0.119 e. The summed E-state index contributed by atoms with van der Waals surface area (Å²) in [6.07, 6.45) is 3.04. The summed E-state index contributed by atoms with van der Waals surface area (Å²) in [5.74, 6) is 1.36. The minimum absolute atomic E-state index is 0.282. The van der Waals surface area contributed by atoms with Gasteiger partial charge in [0.1, 0.15) is 12.4 Å². The average Bonchev–Trinajstić information content (AvgIpc) is 3.10. The molecule has 1 aromatic rings. The summed E-state index contributed by atoms with van der Waals surface area (Å²) >= 11 is 0. The molecule has 1 saturated carbocycles. The van der Waals surface area contributed by atoms with E-state index in [-0.39, 0.29) is 6.10 Å². The van der Waals surface area contributed by atoms with E-state index >= 15 is 0 Å². The van der Waals surface area contributed by atoms with Crippen molar-refractivity contribution in [1.82, 2.24) is 0 Å². The van der Waals surface area contributed by atoms with Gasteiger partial charge in [-0.25, -0.2) is 0 Å². The van der Waals surface area contributed by atoms with E-state index in [1.165, 1.54) is 5.56 Å². The number of aryl methyl sites for hydroxylation is 1. The summed E-state index contributed by atoms with van der Waals surface area (Å²) < 4.78 is 5.56. The zero-order valence-corrected chi connectivity index (χ0v) is 9.15. The molecule has 1 fully saturated rings. The quantitative estimate of drug-likeness (QED) is 0.801. The third-order valence-corrected chi connectivity index (χ3v) is 2.89. The number of hydrogen-bond acceptors (Lipinski definition) is 2. The minimum atomic E-state index is -0.282. The van der Waals surface area contributed by atoms with Gasteiger partial charge in [0, 0.05) is 0 Å². The Morgan fingerprint density at radius 2 is 2.27 bits per heavy atom. The van der Waals surface area contributed by atoms with E-state index in [1.807, 2.05) is 18.2 Å². The van der Waals surface area contributed by atoms with Crippen LogP contribution in [0.15, 0.2) is 24.3 Å². The van der Waals surface area contributed by atoms with Gasteiger partial charge in [-0.05, 0) is 42.9 Å². The van der Waals surface area contributed by atoms with Crippen molar-refractivity contribution < 1.29 is 9.84 Å². The van der Waals surface area contributed by atoms with Crippen molar-refractivity contribution in [2.24, 2.45) is 5.92 Å². The Hall–Kier alpha value is -1.02. The molecule has 0 heterocycles. The zero-order valence-electron chi connectivity index (χ0n) is 9.15. The smallest absolute Gasteiger partial charge is 0.119 e. The molecule has 0 bridgehead atoms. The van der Waals surface area contributed by atoms with Crippen molar-refractivity contribution in [2.45, 2.75) is 32.3 Å². The largest absolute Gasteiger partial charge is 0.491 e. The third-order valence-electron chi connectivity index (χ3n) is 2.89. The summed E-state index contributed by atoms with van der Waals surface area (Å²) in [6, 6.07) is 8.07. The second-order valence-electron chi connectivity index (χ2n) is 4.22. The molecule has 0 aliphatic heterocycles. The average molecular weight is 206 g/mol. The highest BCUT2D eigenvalue weighted by Crippen LogP contribution is 2.32. The Labute approximate surface area is 90.9 Å². The van der Waals surface area contributed by atoms with Crippen molar-refractivity contribution >= 4 is 0 Å². The van der Waals surface area contributed by atoms with E-state index < -0.39 is 0 Å². The maximum atomic E-state index is 9.65. The fourth-order valence-corrected chi connectivity index (χ4v) is 1.65. The first-order valence-electron chi connectivity index (χ1n) is 5.69. The summed E-state index contributed by atoms with van der Waals surface area (Å²) in [7, 11) is 0. The van der Waals surface area contributed by atoms with E-state index in [9.17, 15) is 5.11 Å². The molecular formula is C13H18O2. The molecule has 2 heteroatoms. The fourth-order valence-electron chi connectivity index (χ4n) is 1.65. The highest BCUT2D eigenvalue weighted by molar-refractivity contribution is 5.28. The van der Waals surface area contributed by atoms with Gasteiger partial charge in [-0.15, -0.1) is 0 Å². The van der Waals surface area contributed by atoms with Crippen LogP contribution in [0.25, 0.3) is 0 Å². The van der Waals surface area contributed by atoms with E-state index in [1.54, 1.807) is 0 Å². The van der Waals surface area contributed by atoms with Crippen LogP contribution in [0.4, 0.5) is 0 Å². The Morgan fingerprint density at radius 3 is 2.93 bits per heavy atom. The lowest BCUT2D eigenvalue weighted by molar-refractivity contribution is 0.0894. The van der Waals surface area contributed by atoms with Gasteiger partial charge in [0.25, 0.3) is 0 Å². The molecule has 82 valence electrons. The summed E-state index contributed by atoms with van der Waals surface area (Å²) in [5.41, 5.74) is 1.27. The number of hydrogen-bond donors (Lipinski definition) is 1. The van der Waals surface area contributed by atoms with Gasteiger partial charge < -0.3 is 9.84 Å². The van der Waals surface area contributed by atoms with Crippen LogP contribution in [0.1, 0.15) is 25.3 Å².